The molecule has 1 aromatic heterocycles. The highest BCUT2D eigenvalue weighted by molar-refractivity contribution is 6.33. The van der Waals surface area contributed by atoms with Crippen LogP contribution in [0.5, 0.6) is 0 Å². The molecule has 2 amide bonds. The van der Waals surface area contributed by atoms with Gasteiger partial charge < -0.3 is 15.4 Å². The quantitative estimate of drug-likeness (QED) is 0.755. The molecule has 2 rings (SSSR count). The van der Waals surface area contributed by atoms with Crippen molar-refractivity contribution in [3.8, 4) is 0 Å². The smallest absolute Gasteiger partial charge is 0.257 e. The normalized spacial score (nSPS) is 10.2. The molecule has 1 heterocycles. The van der Waals surface area contributed by atoms with E-state index >= 15 is 0 Å². The Hall–Kier alpha value is -2.44. The van der Waals surface area contributed by atoms with Gasteiger partial charge in [0.05, 0.1) is 21.8 Å². The fourth-order valence-electron chi connectivity index (χ4n) is 1.97. The summed E-state index contributed by atoms with van der Waals surface area (Å²) in [6.45, 7) is 1.06. The molecule has 0 radical (unpaired) electrons. The number of amides is 2. The molecule has 126 valence electrons. The highest BCUT2D eigenvalue weighted by atomic mass is 35.5. The molecule has 7 heteroatoms. The average Bonchev–Trinajstić information content (AvgIpc) is 2.60. The highest BCUT2D eigenvalue weighted by Crippen LogP contribution is 2.21. The Bertz CT molecular complexity index is 722. The van der Waals surface area contributed by atoms with Crippen molar-refractivity contribution in [3.05, 3.63) is 58.9 Å². The number of hydrogen-bond donors (Lipinski definition) is 2. The maximum atomic E-state index is 12.3. The molecular weight excluding hydrogens is 330 g/mol. The number of rotatable bonds is 7. The van der Waals surface area contributed by atoms with Crippen LogP contribution in [0.2, 0.25) is 5.02 Å². The van der Waals surface area contributed by atoms with Gasteiger partial charge in [-0.05, 0) is 24.6 Å². The molecule has 0 fully saturated rings. The van der Waals surface area contributed by atoms with Crippen molar-refractivity contribution >= 4 is 29.1 Å². The molecule has 0 spiro atoms. The Labute approximate surface area is 145 Å². The van der Waals surface area contributed by atoms with Gasteiger partial charge in [0.25, 0.3) is 11.8 Å². The van der Waals surface area contributed by atoms with Gasteiger partial charge in [-0.2, -0.15) is 0 Å². The number of aromatic nitrogens is 1. The van der Waals surface area contributed by atoms with Crippen molar-refractivity contribution in [2.75, 3.05) is 25.6 Å². The van der Waals surface area contributed by atoms with E-state index in [2.05, 4.69) is 15.6 Å². The van der Waals surface area contributed by atoms with Crippen molar-refractivity contribution in [1.29, 1.82) is 0 Å². The summed E-state index contributed by atoms with van der Waals surface area (Å²) in [6, 6.07) is 8.40. The third-order valence-corrected chi connectivity index (χ3v) is 3.53. The minimum Gasteiger partial charge on any atom is -0.385 e. The third kappa shape index (κ3) is 5.04. The van der Waals surface area contributed by atoms with Gasteiger partial charge in [0.1, 0.15) is 0 Å². The van der Waals surface area contributed by atoms with E-state index in [0.29, 0.717) is 35.8 Å². The first-order chi connectivity index (χ1) is 11.6. The van der Waals surface area contributed by atoms with E-state index in [4.69, 9.17) is 16.3 Å². The summed E-state index contributed by atoms with van der Waals surface area (Å²) in [6.07, 6.45) is 3.52. The van der Waals surface area contributed by atoms with Crippen LogP contribution in [0.3, 0.4) is 0 Å². The Morgan fingerprint density at radius 3 is 2.58 bits per heavy atom. The number of para-hydroxylation sites is 1. The SMILES string of the molecule is COCCCNC(=O)c1cncc(C(=O)Nc2ccccc2Cl)c1. The van der Waals surface area contributed by atoms with Crippen molar-refractivity contribution in [3.63, 3.8) is 0 Å². The number of carbonyl (C=O) groups excluding carboxylic acids is 2. The zero-order chi connectivity index (χ0) is 17.4. The maximum Gasteiger partial charge on any atom is 0.257 e. The molecule has 6 nitrogen and oxygen atoms in total. The largest absolute Gasteiger partial charge is 0.385 e. The minimum absolute atomic E-state index is 0.277. The highest BCUT2D eigenvalue weighted by Gasteiger charge is 2.12. The lowest BCUT2D eigenvalue weighted by molar-refractivity contribution is 0.0948. The van der Waals surface area contributed by atoms with Crippen LogP contribution < -0.4 is 10.6 Å². The summed E-state index contributed by atoms with van der Waals surface area (Å²) in [5.41, 5.74) is 1.09. The van der Waals surface area contributed by atoms with Crippen LogP contribution >= 0.6 is 11.6 Å². The van der Waals surface area contributed by atoms with Crippen LogP contribution in [0.15, 0.2) is 42.7 Å². The minimum atomic E-state index is -0.385. The van der Waals surface area contributed by atoms with E-state index in [1.165, 1.54) is 18.5 Å². The van der Waals surface area contributed by atoms with Crippen LogP contribution in [-0.4, -0.2) is 37.1 Å². The van der Waals surface area contributed by atoms with Crippen LogP contribution in [0.4, 0.5) is 5.69 Å². The number of benzene rings is 1. The summed E-state index contributed by atoms with van der Waals surface area (Å²) >= 11 is 6.02. The maximum absolute atomic E-state index is 12.3. The molecule has 0 atom stereocenters. The second-order valence-corrected chi connectivity index (χ2v) is 5.41. The monoisotopic (exact) mass is 347 g/mol. The number of hydrogen-bond acceptors (Lipinski definition) is 4. The van der Waals surface area contributed by atoms with Gasteiger partial charge in [-0.1, -0.05) is 23.7 Å². The summed E-state index contributed by atoms with van der Waals surface area (Å²) in [7, 11) is 1.60. The molecular formula is C17H18ClN3O3. The summed E-state index contributed by atoms with van der Waals surface area (Å²) in [4.78, 5) is 28.3. The van der Waals surface area contributed by atoms with E-state index in [9.17, 15) is 9.59 Å². The van der Waals surface area contributed by atoms with Crippen molar-refractivity contribution in [2.45, 2.75) is 6.42 Å². The number of anilines is 1. The van der Waals surface area contributed by atoms with Gasteiger partial charge >= 0.3 is 0 Å². The average molecular weight is 348 g/mol. The van der Waals surface area contributed by atoms with Gasteiger partial charge in [0.2, 0.25) is 0 Å². The number of ether oxygens (including phenoxy) is 1. The predicted molar refractivity (Wildman–Crippen MR) is 92.5 cm³/mol. The second kappa shape index (κ2) is 9.00. The molecule has 24 heavy (non-hydrogen) atoms. The zero-order valence-electron chi connectivity index (χ0n) is 13.2. The van der Waals surface area contributed by atoms with E-state index in [1.807, 2.05) is 0 Å². The van der Waals surface area contributed by atoms with Crippen molar-refractivity contribution in [2.24, 2.45) is 0 Å². The summed E-state index contributed by atoms with van der Waals surface area (Å²) in [5.74, 6) is -0.671. The number of carbonyl (C=O) groups is 2. The molecule has 0 unspecified atom stereocenters. The van der Waals surface area contributed by atoms with Crippen LogP contribution in [0.1, 0.15) is 27.1 Å². The second-order valence-electron chi connectivity index (χ2n) is 5.00. The fraction of sp³-hybridized carbons (Fsp3) is 0.235. The lowest BCUT2D eigenvalue weighted by Crippen LogP contribution is -2.25. The van der Waals surface area contributed by atoms with Gasteiger partial charge in [-0.25, -0.2) is 0 Å². The first kappa shape index (κ1) is 17.9. The summed E-state index contributed by atoms with van der Waals surface area (Å²) < 4.78 is 4.92. The molecule has 0 saturated heterocycles. The van der Waals surface area contributed by atoms with Gasteiger partial charge in [0, 0.05) is 32.7 Å². The first-order valence-corrected chi connectivity index (χ1v) is 7.77. The van der Waals surface area contributed by atoms with Crippen molar-refractivity contribution < 1.29 is 14.3 Å². The third-order valence-electron chi connectivity index (χ3n) is 3.20. The van der Waals surface area contributed by atoms with E-state index in [0.717, 1.165) is 0 Å². The number of pyridine rings is 1. The van der Waals surface area contributed by atoms with E-state index < -0.39 is 0 Å². The topological polar surface area (TPSA) is 80.3 Å². The Balaban J connectivity index is 2.02. The van der Waals surface area contributed by atoms with E-state index in [-0.39, 0.29) is 17.4 Å². The van der Waals surface area contributed by atoms with E-state index in [1.54, 1.807) is 31.4 Å². The number of methoxy groups -OCH3 is 1. The zero-order valence-corrected chi connectivity index (χ0v) is 14.0. The standard InChI is InChI=1S/C17H18ClN3O3/c1-24-8-4-7-20-16(22)12-9-13(11-19-10-12)17(23)21-15-6-3-2-5-14(15)18/h2-3,5-6,9-11H,4,7-8H2,1H3,(H,20,22)(H,21,23). The number of halogens is 1. The Morgan fingerprint density at radius 2 is 1.88 bits per heavy atom. The Morgan fingerprint density at radius 1 is 1.17 bits per heavy atom. The molecule has 0 aliphatic carbocycles. The molecule has 2 aromatic rings. The molecule has 0 saturated carbocycles. The first-order valence-electron chi connectivity index (χ1n) is 7.40. The van der Waals surface area contributed by atoms with Crippen LogP contribution in [0, 0.1) is 0 Å². The van der Waals surface area contributed by atoms with Gasteiger partial charge in [-0.3, -0.25) is 14.6 Å². The van der Waals surface area contributed by atoms with Crippen LogP contribution in [0.25, 0.3) is 0 Å². The lowest BCUT2D eigenvalue weighted by Gasteiger charge is -2.08. The molecule has 0 bridgehead atoms. The molecule has 0 aliphatic rings. The molecule has 2 N–H and O–H groups in total. The number of nitrogens with one attached hydrogen (secondary N) is 2. The molecule has 1 aromatic carbocycles. The lowest BCUT2D eigenvalue weighted by atomic mass is 10.1. The predicted octanol–water partition coefficient (Wildman–Crippen LogP) is 2.75. The summed E-state index contributed by atoms with van der Waals surface area (Å²) in [5, 5.41) is 5.88. The van der Waals surface area contributed by atoms with Gasteiger partial charge in [0.15, 0.2) is 0 Å². The number of nitrogens with zero attached hydrogens (tertiary/aromatic N) is 1. The fourth-order valence-corrected chi connectivity index (χ4v) is 2.15. The molecule has 0 aliphatic heterocycles. The Kier molecular flexibility index (Phi) is 6.72. The van der Waals surface area contributed by atoms with Crippen molar-refractivity contribution in [1.82, 2.24) is 10.3 Å². The van der Waals surface area contributed by atoms with Gasteiger partial charge in [-0.15, -0.1) is 0 Å². The van der Waals surface area contributed by atoms with Crippen LogP contribution in [-0.2, 0) is 4.74 Å².